The lowest BCUT2D eigenvalue weighted by molar-refractivity contribution is 0.819. The molecule has 0 saturated heterocycles. The number of hydrogen-bond donors (Lipinski definition) is 0. The van der Waals surface area contributed by atoms with E-state index in [1.165, 1.54) is 11.4 Å². The second-order valence-electron chi connectivity index (χ2n) is 5.55. The molecule has 0 fully saturated rings. The summed E-state index contributed by atoms with van der Waals surface area (Å²) in [5.41, 5.74) is 4.49. The summed E-state index contributed by atoms with van der Waals surface area (Å²) in [6.07, 6.45) is 2.92. The van der Waals surface area contributed by atoms with Crippen molar-refractivity contribution in [3.63, 3.8) is 0 Å². The number of hydrogen-bond acceptors (Lipinski definition) is 2. The molecule has 0 spiro atoms. The molecule has 0 bridgehead atoms. The SMILES string of the molecule is CCC(=Nc1ccccc1)C(CC)C(CC)=Nc1ccccc1. The highest BCUT2D eigenvalue weighted by molar-refractivity contribution is 6.08. The molecule has 0 amide bonds. The molecule has 0 aliphatic rings. The molecule has 0 unspecified atom stereocenters. The Labute approximate surface area is 140 Å². The molecule has 2 heteroatoms. The molecule has 120 valence electrons. The minimum Gasteiger partial charge on any atom is -0.257 e. The fourth-order valence-electron chi connectivity index (χ4n) is 2.81. The fourth-order valence-corrected chi connectivity index (χ4v) is 2.81. The van der Waals surface area contributed by atoms with E-state index in [4.69, 9.17) is 9.98 Å². The molecule has 0 saturated carbocycles. The molecule has 0 aliphatic carbocycles. The molecule has 0 aliphatic heterocycles. The van der Waals surface area contributed by atoms with Crippen LogP contribution in [0.25, 0.3) is 0 Å². The van der Waals surface area contributed by atoms with Crippen LogP contribution in [-0.4, -0.2) is 11.4 Å². The van der Waals surface area contributed by atoms with Crippen molar-refractivity contribution in [2.45, 2.75) is 40.0 Å². The third-order valence-corrected chi connectivity index (χ3v) is 3.99. The molecule has 2 aromatic rings. The zero-order chi connectivity index (χ0) is 16.5. The van der Waals surface area contributed by atoms with Crippen LogP contribution >= 0.6 is 0 Å². The predicted octanol–water partition coefficient (Wildman–Crippen LogP) is 6.38. The van der Waals surface area contributed by atoms with Gasteiger partial charge in [-0.3, -0.25) is 9.98 Å². The minimum atomic E-state index is 0.311. The Morgan fingerprint density at radius 1 is 0.696 bits per heavy atom. The highest BCUT2D eigenvalue weighted by atomic mass is 14.8. The average molecular weight is 306 g/mol. The van der Waals surface area contributed by atoms with Gasteiger partial charge in [-0.05, 0) is 43.5 Å². The summed E-state index contributed by atoms with van der Waals surface area (Å²) < 4.78 is 0. The fraction of sp³-hybridized carbons (Fsp3) is 0.333. The quantitative estimate of drug-likeness (QED) is 0.530. The lowest BCUT2D eigenvalue weighted by Gasteiger charge is -2.19. The number of rotatable bonds is 7. The smallest absolute Gasteiger partial charge is 0.0629 e. The molecule has 23 heavy (non-hydrogen) atoms. The summed E-state index contributed by atoms with van der Waals surface area (Å²) in [6, 6.07) is 20.4. The van der Waals surface area contributed by atoms with Gasteiger partial charge in [-0.15, -0.1) is 0 Å². The first-order chi connectivity index (χ1) is 11.3. The van der Waals surface area contributed by atoms with Crippen LogP contribution in [0.5, 0.6) is 0 Å². The van der Waals surface area contributed by atoms with E-state index in [0.717, 1.165) is 30.6 Å². The van der Waals surface area contributed by atoms with E-state index in [2.05, 4.69) is 45.0 Å². The lowest BCUT2D eigenvalue weighted by Crippen LogP contribution is -2.22. The van der Waals surface area contributed by atoms with Crippen molar-refractivity contribution in [3.05, 3.63) is 60.7 Å². The number of aliphatic imine (C=N–C) groups is 2. The zero-order valence-corrected chi connectivity index (χ0v) is 14.4. The van der Waals surface area contributed by atoms with Crippen molar-refractivity contribution in [1.29, 1.82) is 0 Å². The van der Waals surface area contributed by atoms with Crippen molar-refractivity contribution in [3.8, 4) is 0 Å². The van der Waals surface area contributed by atoms with Gasteiger partial charge in [-0.1, -0.05) is 57.2 Å². The Hall–Kier alpha value is -2.22. The van der Waals surface area contributed by atoms with Crippen molar-refractivity contribution in [1.82, 2.24) is 0 Å². The standard InChI is InChI=1S/C21H26N2/c1-4-19(20(5-2)22-17-13-9-7-10-14-17)21(6-3)23-18-15-11-8-12-16-18/h7-16,19H,4-6H2,1-3H3. The molecule has 0 N–H and O–H groups in total. The first kappa shape index (κ1) is 17.1. The van der Waals surface area contributed by atoms with Crippen LogP contribution in [-0.2, 0) is 0 Å². The number of para-hydroxylation sites is 2. The molecule has 2 aromatic carbocycles. The van der Waals surface area contributed by atoms with E-state index in [1.54, 1.807) is 0 Å². The summed E-state index contributed by atoms with van der Waals surface area (Å²) in [5.74, 6) is 0.311. The largest absolute Gasteiger partial charge is 0.257 e. The Kier molecular flexibility index (Phi) is 6.74. The number of nitrogens with zero attached hydrogens (tertiary/aromatic N) is 2. The summed E-state index contributed by atoms with van der Waals surface area (Å²) in [5, 5.41) is 0. The Morgan fingerprint density at radius 2 is 1.09 bits per heavy atom. The highest BCUT2D eigenvalue weighted by Gasteiger charge is 2.18. The highest BCUT2D eigenvalue weighted by Crippen LogP contribution is 2.22. The van der Waals surface area contributed by atoms with Gasteiger partial charge in [0.25, 0.3) is 0 Å². The van der Waals surface area contributed by atoms with Crippen molar-refractivity contribution in [2.75, 3.05) is 0 Å². The molecule has 0 aromatic heterocycles. The van der Waals surface area contributed by atoms with Gasteiger partial charge < -0.3 is 0 Å². The van der Waals surface area contributed by atoms with Gasteiger partial charge in [0.1, 0.15) is 0 Å². The first-order valence-electron chi connectivity index (χ1n) is 8.53. The molecule has 2 nitrogen and oxygen atoms in total. The van der Waals surface area contributed by atoms with Gasteiger partial charge in [-0.25, -0.2) is 0 Å². The second kappa shape index (κ2) is 9.04. The van der Waals surface area contributed by atoms with Crippen LogP contribution in [0.4, 0.5) is 11.4 Å². The summed E-state index contributed by atoms with van der Waals surface area (Å²) >= 11 is 0. The van der Waals surface area contributed by atoms with E-state index in [9.17, 15) is 0 Å². The minimum absolute atomic E-state index is 0.311. The number of benzene rings is 2. The van der Waals surface area contributed by atoms with Crippen molar-refractivity contribution in [2.24, 2.45) is 15.9 Å². The van der Waals surface area contributed by atoms with Crippen LogP contribution < -0.4 is 0 Å². The Bertz CT molecular complexity index is 585. The zero-order valence-electron chi connectivity index (χ0n) is 14.4. The lowest BCUT2D eigenvalue weighted by atomic mass is 9.91. The Balaban J connectivity index is 2.34. The van der Waals surface area contributed by atoms with Crippen molar-refractivity contribution >= 4 is 22.8 Å². The Morgan fingerprint density at radius 3 is 1.39 bits per heavy atom. The van der Waals surface area contributed by atoms with Crippen LogP contribution in [0.15, 0.2) is 70.6 Å². The maximum atomic E-state index is 4.89. The third kappa shape index (κ3) is 4.88. The molecular weight excluding hydrogens is 280 g/mol. The summed E-state index contributed by atoms with van der Waals surface area (Å²) in [4.78, 5) is 9.79. The monoisotopic (exact) mass is 306 g/mol. The van der Waals surface area contributed by atoms with Crippen LogP contribution in [0.1, 0.15) is 40.0 Å². The van der Waals surface area contributed by atoms with Gasteiger partial charge in [0.2, 0.25) is 0 Å². The van der Waals surface area contributed by atoms with Crippen molar-refractivity contribution < 1.29 is 0 Å². The molecule has 0 atom stereocenters. The first-order valence-corrected chi connectivity index (χ1v) is 8.53. The summed E-state index contributed by atoms with van der Waals surface area (Å²) in [6.45, 7) is 6.58. The summed E-state index contributed by atoms with van der Waals surface area (Å²) in [7, 11) is 0. The predicted molar refractivity (Wildman–Crippen MR) is 101 cm³/mol. The topological polar surface area (TPSA) is 24.7 Å². The molecule has 0 radical (unpaired) electrons. The van der Waals surface area contributed by atoms with Crippen LogP contribution in [0.3, 0.4) is 0 Å². The van der Waals surface area contributed by atoms with Gasteiger partial charge in [0, 0.05) is 17.3 Å². The van der Waals surface area contributed by atoms with Gasteiger partial charge in [0.05, 0.1) is 11.4 Å². The average Bonchev–Trinajstić information content (AvgIpc) is 2.62. The van der Waals surface area contributed by atoms with E-state index >= 15 is 0 Å². The van der Waals surface area contributed by atoms with E-state index in [-0.39, 0.29) is 0 Å². The maximum Gasteiger partial charge on any atom is 0.0629 e. The maximum absolute atomic E-state index is 4.89. The van der Waals surface area contributed by atoms with Gasteiger partial charge >= 0.3 is 0 Å². The van der Waals surface area contributed by atoms with E-state index in [0.29, 0.717) is 5.92 Å². The van der Waals surface area contributed by atoms with E-state index in [1.807, 2.05) is 36.4 Å². The van der Waals surface area contributed by atoms with Gasteiger partial charge in [-0.2, -0.15) is 0 Å². The molecular formula is C21H26N2. The second-order valence-corrected chi connectivity index (χ2v) is 5.55. The normalized spacial score (nSPS) is 13.9. The molecule has 0 heterocycles. The van der Waals surface area contributed by atoms with E-state index < -0.39 is 0 Å². The van der Waals surface area contributed by atoms with Crippen LogP contribution in [0, 0.1) is 5.92 Å². The van der Waals surface area contributed by atoms with Gasteiger partial charge in [0.15, 0.2) is 0 Å². The third-order valence-electron chi connectivity index (χ3n) is 3.99. The van der Waals surface area contributed by atoms with Crippen LogP contribution in [0.2, 0.25) is 0 Å². The molecule has 2 rings (SSSR count).